The number of phenolic OH excluding ortho intramolecular Hbond substituents is 1. The highest BCUT2D eigenvalue weighted by Gasteiger charge is 2.49. The summed E-state index contributed by atoms with van der Waals surface area (Å²) in [6.07, 6.45) is -5.44. The quantitative estimate of drug-likeness (QED) is 0.187. The lowest BCUT2D eigenvalue weighted by atomic mass is 9.94. The Hall–Kier alpha value is -3.45. The zero-order valence-electron chi connectivity index (χ0n) is 21.3. The van der Waals surface area contributed by atoms with Crippen LogP contribution in [0.1, 0.15) is 46.8 Å². The summed E-state index contributed by atoms with van der Waals surface area (Å²) in [4.78, 5) is 36.5. The number of hydrogen-bond acceptors (Lipinski definition) is 12. The summed E-state index contributed by atoms with van der Waals surface area (Å²) in [5.74, 6) is -2.18. The summed E-state index contributed by atoms with van der Waals surface area (Å²) in [5, 5.41) is 40.9. The van der Waals surface area contributed by atoms with E-state index in [-0.39, 0.29) is 43.8 Å². The molecule has 0 saturated carbocycles. The normalized spacial score (nSPS) is 24.8. The molecular formula is C26H32O12. The first-order valence-electron chi connectivity index (χ1n) is 11.9. The van der Waals surface area contributed by atoms with Crippen LogP contribution >= 0.6 is 0 Å². The van der Waals surface area contributed by atoms with Crippen molar-refractivity contribution in [2.24, 2.45) is 0 Å². The number of aliphatic hydroxyl groups is 3. The number of aromatic hydroxyl groups is 1. The average Bonchev–Trinajstić information content (AvgIpc) is 3.29. The monoisotopic (exact) mass is 536 g/mol. The highest BCUT2D eigenvalue weighted by atomic mass is 16.7. The van der Waals surface area contributed by atoms with Gasteiger partial charge in [0.2, 0.25) is 6.29 Å². The lowest BCUT2D eigenvalue weighted by Crippen LogP contribution is -2.60. The molecule has 0 bridgehead atoms. The summed E-state index contributed by atoms with van der Waals surface area (Å²) >= 11 is 0. The number of carbonyl (C=O) groups excluding carboxylic acids is 3. The highest BCUT2D eigenvalue weighted by molar-refractivity contribution is 5.98. The van der Waals surface area contributed by atoms with E-state index in [1.165, 1.54) is 13.2 Å². The summed E-state index contributed by atoms with van der Waals surface area (Å²) in [5.41, 5.74) is 2.55. The molecule has 1 fully saturated rings. The number of ether oxygens (including phenoxy) is 5. The molecule has 0 unspecified atom stereocenters. The van der Waals surface area contributed by atoms with Gasteiger partial charge in [0, 0.05) is 17.5 Å². The Morgan fingerprint density at radius 1 is 1.16 bits per heavy atom. The third kappa shape index (κ3) is 5.99. The lowest BCUT2D eigenvalue weighted by Gasteiger charge is -2.38. The Labute approximate surface area is 219 Å². The number of rotatable bonds is 10. The molecule has 1 saturated heterocycles. The number of aliphatic hydroxyl groups excluding tert-OH is 3. The molecule has 2 aliphatic heterocycles. The molecule has 208 valence electrons. The molecule has 0 spiro atoms. The summed E-state index contributed by atoms with van der Waals surface area (Å²) < 4.78 is 25.6. The maximum atomic E-state index is 12.4. The van der Waals surface area contributed by atoms with Gasteiger partial charge < -0.3 is 44.1 Å². The summed E-state index contributed by atoms with van der Waals surface area (Å²) in [7, 11) is 1.46. The topological polar surface area (TPSA) is 178 Å². The predicted octanol–water partition coefficient (Wildman–Crippen LogP) is 0.729. The van der Waals surface area contributed by atoms with Crippen molar-refractivity contribution in [3.8, 4) is 11.5 Å². The van der Waals surface area contributed by atoms with E-state index in [0.29, 0.717) is 22.4 Å². The molecule has 0 aliphatic carbocycles. The largest absolute Gasteiger partial charge is 0.507 e. The van der Waals surface area contributed by atoms with Crippen LogP contribution in [0.25, 0.3) is 0 Å². The molecule has 38 heavy (non-hydrogen) atoms. The van der Waals surface area contributed by atoms with Crippen LogP contribution < -0.4 is 4.74 Å². The molecule has 0 radical (unpaired) electrons. The molecule has 0 amide bonds. The first-order chi connectivity index (χ1) is 18.0. The minimum absolute atomic E-state index is 0.0628. The molecule has 12 nitrogen and oxygen atoms in total. The number of phenols is 1. The smallest absolute Gasteiger partial charge is 0.342 e. The van der Waals surface area contributed by atoms with Crippen LogP contribution in [0.4, 0.5) is 0 Å². The Morgan fingerprint density at radius 3 is 2.53 bits per heavy atom. The fraction of sp³-hybridized carbons (Fsp3) is 0.500. The van der Waals surface area contributed by atoms with Gasteiger partial charge in [-0.1, -0.05) is 24.3 Å². The van der Waals surface area contributed by atoms with Crippen LogP contribution in [0.3, 0.4) is 0 Å². The first-order valence-corrected chi connectivity index (χ1v) is 11.9. The van der Waals surface area contributed by atoms with Gasteiger partial charge in [-0.2, -0.15) is 0 Å². The van der Waals surface area contributed by atoms with Gasteiger partial charge in [-0.05, 0) is 32.3 Å². The van der Waals surface area contributed by atoms with E-state index in [1.807, 2.05) is 0 Å². The van der Waals surface area contributed by atoms with Crippen LogP contribution in [0.15, 0.2) is 24.3 Å². The number of cyclic esters (lactones) is 1. The Morgan fingerprint density at radius 2 is 1.87 bits per heavy atom. The second kappa shape index (κ2) is 12.4. The summed E-state index contributed by atoms with van der Waals surface area (Å²) in [6, 6.07) is 0. The van der Waals surface area contributed by atoms with Crippen molar-refractivity contribution in [3.63, 3.8) is 0 Å². The predicted molar refractivity (Wildman–Crippen MR) is 129 cm³/mol. The average molecular weight is 537 g/mol. The van der Waals surface area contributed by atoms with Crippen molar-refractivity contribution in [3.05, 3.63) is 46.6 Å². The second-order valence-corrected chi connectivity index (χ2v) is 8.98. The second-order valence-electron chi connectivity index (χ2n) is 8.98. The Kier molecular flexibility index (Phi) is 9.50. The first kappa shape index (κ1) is 29.1. The van der Waals surface area contributed by atoms with Gasteiger partial charge in [-0.15, -0.1) is 0 Å². The summed E-state index contributed by atoms with van der Waals surface area (Å²) in [6.45, 7) is 6.82. The molecule has 2 heterocycles. The maximum Gasteiger partial charge on any atom is 0.342 e. The Balaban J connectivity index is 1.62. The van der Waals surface area contributed by atoms with E-state index in [0.717, 1.165) is 5.57 Å². The zero-order valence-corrected chi connectivity index (χ0v) is 21.3. The van der Waals surface area contributed by atoms with Crippen LogP contribution in [0.2, 0.25) is 0 Å². The number of esters is 3. The van der Waals surface area contributed by atoms with Gasteiger partial charge >= 0.3 is 17.9 Å². The molecule has 12 heteroatoms. The fourth-order valence-electron chi connectivity index (χ4n) is 4.26. The van der Waals surface area contributed by atoms with Crippen LogP contribution in [0, 0.1) is 6.92 Å². The van der Waals surface area contributed by atoms with E-state index >= 15 is 0 Å². The van der Waals surface area contributed by atoms with Crippen molar-refractivity contribution in [1.82, 2.24) is 0 Å². The van der Waals surface area contributed by atoms with Crippen molar-refractivity contribution in [2.45, 2.75) is 70.4 Å². The lowest BCUT2D eigenvalue weighted by molar-refractivity contribution is -0.287. The maximum absolute atomic E-state index is 12.4. The van der Waals surface area contributed by atoms with E-state index in [4.69, 9.17) is 23.7 Å². The standard InChI is InChI=1S/C26H32O12/c1-5-10-35-25(33)23-20(30)19(29)21(31)26(38-23)37-16(27)9-7-12(2)6-8-14-18(28)17-15(11-36-24(17)32)13(3)22(14)34-4/h5-6,19-21,23,26,28-31H,1,7-11H2,2-4H3/b12-6+/t19-,20+,21-,23+,26-/m1/s1. The molecule has 2 aliphatic rings. The molecule has 5 atom stereocenters. The van der Waals surface area contributed by atoms with E-state index < -0.39 is 48.6 Å². The van der Waals surface area contributed by atoms with Crippen molar-refractivity contribution in [1.29, 1.82) is 0 Å². The van der Waals surface area contributed by atoms with Gasteiger partial charge in [0.05, 0.1) is 7.11 Å². The Bertz CT molecular complexity index is 1120. The SMILES string of the molecule is C=CCOC(=O)[C@H]1O[C@@H](OC(=O)CC/C(C)=C/Cc2c(O)c3c(c(C)c2OC)COC3=O)[C@H](O)[C@H](O)[C@@H]1O. The van der Waals surface area contributed by atoms with Gasteiger partial charge in [0.15, 0.2) is 6.10 Å². The number of benzene rings is 1. The van der Waals surface area contributed by atoms with Crippen molar-refractivity contribution < 1.29 is 58.5 Å². The zero-order chi connectivity index (χ0) is 28.1. The number of fused-ring (bicyclic) bond motifs is 1. The van der Waals surface area contributed by atoms with Crippen LogP contribution in [-0.4, -0.2) is 82.8 Å². The highest BCUT2D eigenvalue weighted by Crippen LogP contribution is 2.42. The molecule has 4 N–H and O–H groups in total. The van der Waals surface area contributed by atoms with Gasteiger partial charge in [0.1, 0.15) is 48.6 Å². The molecule has 1 aromatic carbocycles. The number of allylic oxidation sites excluding steroid dienone is 2. The third-order valence-corrected chi connectivity index (χ3v) is 6.42. The van der Waals surface area contributed by atoms with E-state index in [2.05, 4.69) is 6.58 Å². The van der Waals surface area contributed by atoms with Crippen molar-refractivity contribution >= 4 is 17.9 Å². The van der Waals surface area contributed by atoms with Crippen molar-refractivity contribution in [2.75, 3.05) is 13.7 Å². The molecule has 1 aromatic rings. The number of hydrogen-bond donors (Lipinski definition) is 4. The molecular weight excluding hydrogens is 504 g/mol. The van der Waals surface area contributed by atoms with Gasteiger partial charge in [-0.25, -0.2) is 9.59 Å². The minimum Gasteiger partial charge on any atom is -0.507 e. The third-order valence-electron chi connectivity index (χ3n) is 6.42. The minimum atomic E-state index is -1.82. The molecule has 0 aromatic heterocycles. The van der Waals surface area contributed by atoms with Gasteiger partial charge in [0.25, 0.3) is 0 Å². The number of carbonyl (C=O) groups is 3. The fourth-order valence-corrected chi connectivity index (χ4v) is 4.26. The molecule has 3 rings (SSSR count). The van der Waals surface area contributed by atoms with Gasteiger partial charge in [-0.3, -0.25) is 4.79 Å². The van der Waals surface area contributed by atoms with E-state index in [1.54, 1.807) is 19.9 Å². The van der Waals surface area contributed by atoms with Crippen LogP contribution in [0.5, 0.6) is 11.5 Å². The van der Waals surface area contributed by atoms with E-state index in [9.17, 15) is 34.8 Å². The number of methoxy groups -OCH3 is 1. The van der Waals surface area contributed by atoms with Crippen LogP contribution in [-0.2, 0) is 41.6 Å².